The average Bonchev–Trinajstić information content (AvgIpc) is 2.47. The van der Waals surface area contributed by atoms with Crippen LogP contribution in [-0.4, -0.2) is 85.3 Å². The maximum atomic E-state index is 12.2. The minimum Gasteiger partial charge on any atom is -0.424 e. The number of aliphatic hydroxyl groups excluding tert-OH is 2. The van der Waals surface area contributed by atoms with Gasteiger partial charge in [-0.25, -0.2) is 4.79 Å². The van der Waals surface area contributed by atoms with Crippen LogP contribution in [0.1, 0.15) is 12.8 Å². The van der Waals surface area contributed by atoms with Crippen molar-refractivity contribution in [2.45, 2.75) is 48.1 Å². The topological polar surface area (TPSA) is 215 Å². The van der Waals surface area contributed by atoms with Gasteiger partial charge in [-0.1, -0.05) is 0 Å². The molecule has 13 heteroatoms. The van der Waals surface area contributed by atoms with Gasteiger partial charge in [-0.05, 0) is 0 Å². The Labute approximate surface area is 138 Å². The highest BCUT2D eigenvalue weighted by Gasteiger charge is 2.80. The number of fused-ring (bicyclic) bond motifs is 2. The summed E-state index contributed by atoms with van der Waals surface area (Å²) in [5.41, 5.74) is -0.476. The molecule has 0 saturated carbocycles. The summed E-state index contributed by atoms with van der Waals surface area (Å²) in [7, 11) is 0. The van der Waals surface area contributed by atoms with Crippen molar-refractivity contribution in [2.24, 2.45) is 5.73 Å². The van der Waals surface area contributed by atoms with Gasteiger partial charge < -0.3 is 44.5 Å². The Bertz CT molecular complexity index is 654. The largest absolute Gasteiger partial charge is 0.424 e. The van der Waals surface area contributed by atoms with Gasteiger partial charge in [-0.3, -0.25) is 15.3 Å². The molecule has 25 heavy (non-hydrogen) atoms. The lowest BCUT2D eigenvalue weighted by molar-refractivity contribution is -0.515. The van der Waals surface area contributed by atoms with E-state index >= 15 is 0 Å². The predicted octanol–water partition coefficient (Wildman–Crippen LogP) is -5.10. The van der Waals surface area contributed by atoms with Crippen molar-refractivity contribution in [3.63, 3.8) is 0 Å². The highest BCUT2D eigenvalue weighted by Crippen LogP contribution is 2.47. The van der Waals surface area contributed by atoms with Gasteiger partial charge in [0.05, 0.1) is 19.4 Å². The molecule has 0 aromatic rings. The van der Waals surface area contributed by atoms with Gasteiger partial charge in [0.2, 0.25) is 0 Å². The second-order valence-electron chi connectivity index (χ2n) is 6.02. The van der Waals surface area contributed by atoms with E-state index in [9.17, 15) is 39.9 Å². The summed E-state index contributed by atoms with van der Waals surface area (Å²) in [6, 6.07) is 0. The monoisotopic (exact) mass is 365 g/mol. The van der Waals surface area contributed by atoms with Crippen LogP contribution in [-0.2, 0) is 33.3 Å². The fourth-order valence-corrected chi connectivity index (χ4v) is 2.89. The molecule has 3 rings (SSSR count). The van der Waals surface area contributed by atoms with Crippen LogP contribution in [0.25, 0.3) is 0 Å². The molecule has 3 fully saturated rings. The van der Waals surface area contributed by atoms with Crippen molar-refractivity contribution < 1.29 is 58.9 Å². The zero-order valence-electron chi connectivity index (χ0n) is 12.4. The van der Waals surface area contributed by atoms with Crippen molar-refractivity contribution in [2.75, 3.05) is 6.61 Å². The lowest BCUT2D eigenvalue weighted by Crippen LogP contribution is -2.87. The molecule has 3 aliphatic heterocycles. The third-order valence-corrected chi connectivity index (χ3v) is 4.27. The first-order valence-corrected chi connectivity index (χ1v) is 7.01. The number of aliphatic hydroxyl groups is 5. The zero-order valence-corrected chi connectivity index (χ0v) is 12.4. The molecule has 0 aromatic heterocycles. The van der Waals surface area contributed by atoms with Gasteiger partial charge in [0.15, 0.2) is 11.7 Å². The summed E-state index contributed by atoms with van der Waals surface area (Å²) < 4.78 is 18.7. The minimum atomic E-state index is -3.46. The van der Waals surface area contributed by atoms with Gasteiger partial charge in [0, 0.05) is 0 Å². The van der Waals surface area contributed by atoms with Gasteiger partial charge >= 0.3 is 35.4 Å². The van der Waals surface area contributed by atoms with Crippen molar-refractivity contribution in [3.8, 4) is 0 Å². The van der Waals surface area contributed by atoms with Crippen LogP contribution in [0.15, 0.2) is 0 Å². The molecule has 3 saturated heterocycles. The van der Waals surface area contributed by atoms with Gasteiger partial charge in [-0.2, -0.15) is 0 Å². The van der Waals surface area contributed by atoms with Crippen LogP contribution in [0, 0.1) is 0 Å². The molecule has 7 N–H and O–H groups in total. The summed E-state index contributed by atoms with van der Waals surface area (Å²) in [4.78, 5) is 36.1. The van der Waals surface area contributed by atoms with Crippen LogP contribution in [0.2, 0.25) is 0 Å². The van der Waals surface area contributed by atoms with E-state index in [-0.39, 0.29) is 0 Å². The van der Waals surface area contributed by atoms with Crippen molar-refractivity contribution >= 4 is 17.9 Å². The van der Waals surface area contributed by atoms with Crippen LogP contribution in [0.4, 0.5) is 0 Å². The molecule has 0 spiro atoms. The summed E-state index contributed by atoms with van der Waals surface area (Å²) in [6.07, 6.45) is -6.46. The minimum absolute atomic E-state index is 1.05. The number of carbonyl (C=O) groups is 3. The quantitative estimate of drug-likeness (QED) is 0.189. The van der Waals surface area contributed by atoms with Crippen LogP contribution < -0.4 is 5.73 Å². The standard InChI is InChI=1S/C12H15NO12/c13-11-10(20)7(17)4(3-14)22-12(11,21)24-6(16)2-9(19,8(18)25-11)1-5(15)23-10/h4,7,14,17,19-21H,1-3,13H2/t4-,7-,9?,10-,11+,12-/m1/s1. The number of hydrogen-bond acceptors (Lipinski definition) is 13. The number of nitrogens with two attached hydrogens (primary N) is 1. The Morgan fingerprint density at radius 3 is 2.16 bits per heavy atom. The molecule has 140 valence electrons. The summed E-state index contributed by atoms with van der Waals surface area (Å²) in [5.74, 6) is -11.4. The molecule has 1 unspecified atom stereocenters. The number of carbonyl (C=O) groups excluding carboxylic acids is 3. The number of hydrogen-bond donors (Lipinski definition) is 6. The first-order valence-electron chi connectivity index (χ1n) is 7.01. The first-order chi connectivity index (χ1) is 11.4. The average molecular weight is 365 g/mol. The lowest BCUT2D eigenvalue weighted by atomic mass is 9.85. The summed E-state index contributed by atoms with van der Waals surface area (Å²) >= 11 is 0. The molecule has 0 aromatic carbocycles. The number of esters is 3. The molecule has 13 nitrogen and oxygen atoms in total. The molecular weight excluding hydrogens is 350 g/mol. The summed E-state index contributed by atoms with van der Waals surface area (Å²) in [6.45, 7) is -1.05. The smallest absolute Gasteiger partial charge is 0.391 e. The second kappa shape index (κ2) is 5.07. The van der Waals surface area contributed by atoms with E-state index in [0.29, 0.717) is 0 Å². The molecular formula is C12H15NO12. The summed E-state index contributed by atoms with van der Waals surface area (Å²) in [5, 5.41) is 50.7. The molecule has 2 bridgehead atoms. The Hall–Kier alpha value is -1.87. The van der Waals surface area contributed by atoms with Crippen molar-refractivity contribution in [1.82, 2.24) is 0 Å². The number of ether oxygens (including phenoxy) is 4. The van der Waals surface area contributed by atoms with E-state index in [1.165, 1.54) is 0 Å². The third kappa shape index (κ3) is 2.18. The maximum absolute atomic E-state index is 12.2. The van der Waals surface area contributed by atoms with Crippen LogP contribution in [0.3, 0.4) is 0 Å². The number of rotatable bonds is 1. The van der Waals surface area contributed by atoms with Crippen LogP contribution >= 0.6 is 0 Å². The fraction of sp³-hybridized carbons (Fsp3) is 0.750. The molecule has 0 amide bonds. The zero-order chi connectivity index (χ0) is 18.8. The lowest BCUT2D eigenvalue weighted by Gasteiger charge is -2.57. The molecule has 3 heterocycles. The maximum Gasteiger partial charge on any atom is 0.391 e. The molecule has 6 atom stereocenters. The SMILES string of the molecule is N[C@@]12OC(=O)C3(O)CC(=O)O[C@]1(O)O[C@H](CO)[C@@H](O)[C@@]2(O)OC(=O)C3. The molecule has 0 radical (unpaired) electrons. The van der Waals surface area contributed by atoms with Gasteiger partial charge in [0.25, 0.3) is 0 Å². The van der Waals surface area contributed by atoms with E-state index < -0.39 is 72.7 Å². The highest BCUT2D eigenvalue weighted by atomic mass is 16.9. The third-order valence-electron chi connectivity index (χ3n) is 4.27. The Morgan fingerprint density at radius 2 is 1.60 bits per heavy atom. The Kier molecular flexibility index (Phi) is 3.64. The predicted molar refractivity (Wildman–Crippen MR) is 67.2 cm³/mol. The normalized spacial score (nSPS) is 49.9. The van der Waals surface area contributed by atoms with Gasteiger partial charge in [0.1, 0.15) is 6.10 Å². The van der Waals surface area contributed by atoms with E-state index in [4.69, 9.17) is 10.5 Å². The van der Waals surface area contributed by atoms with Gasteiger partial charge in [-0.15, -0.1) is 0 Å². The van der Waals surface area contributed by atoms with E-state index in [1.54, 1.807) is 0 Å². The molecule has 3 aliphatic rings. The second-order valence-corrected chi connectivity index (χ2v) is 6.02. The Balaban J connectivity index is 2.26. The highest BCUT2D eigenvalue weighted by molar-refractivity contribution is 5.91. The van der Waals surface area contributed by atoms with Crippen LogP contribution in [0.5, 0.6) is 0 Å². The fourth-order valence-electron chi connectivity index (χ4n) is 2.89. The van der Waals surface area contributed by atoms with E-state index in [0.717, 1.165) is 0 Å². The molecule has 0 aliphatic carbocycles. The van der Waals surface area contributed by atoms with E-state index in [2.05, 4.69) is 14.2 Å². The first kappa shape index (κ1) is 17.9. The van der Waals surface area contributed by atoms with Crippen molar-refractivity contribution in [1.29, 1.82) is 0 Å². The van der Waals surface area contributed by atoms with E-state index in [1.807, 2.05) is 0 Å². The Morgan fingerprint density at radius 1 is 1.04 bits per heavy atom. The van der Waals surface area contributed by atoms with Crippen molar-refractivity contribution in [3.05, 3.63) is 0 Å².